The van der Waals surface area contributed by atoms with Gasteiger partial charge in [-0.1, -0.05) is 18.0 Å². The Labute approximate surface area is 141 Å². The second kappa shape index (κ2) is 8.20. The summed E-state index contributed by atoms with van der Waals surface area (Å²) < 4.78 is 5.68. The number of rotatable bonds is 7. The van der Waals surface area contributed by atoms with Gasteiger partial charge in [-0.2, -0.15) is 0 Å². The molecule has 0 radical (unpaired) electrons. The fourth-order valence-electron chi connectivity index (χ4n) is 2.25. The molecule has 126 valence electrons. The maximum absolute atomic E-state index is 12.0. The minimum absolute atomic E-state index is 0.0237. The van der Waals surface area contributed by atoms with Crippen LogP contribution in [0.3, 0.4) is 0 Å². The summed E-state index contributed by atoms with van der Waals surface area (Å²) in [5.41, 5.74) is 0. The molecule has 0 aliphatic heterocycles. The van der Waals surface area contributed by atoms with Crippen LogP contribution in [0.25, 0.3) is 0 Å². The molecule has 0 spiro atoms. The Hall–Kier alpha value is -1.75. The summed E-state index contributed by atoms with van der Waals surface area (Å²) in [5, 5.41) is 6.19. The summed E-state index contributed by atoms with van der Waals surface area (Å²) in [4.78, 5) is 23.8. The van der Waals surface area contributed by atoms with Crippen LogP contribution in [0.15, 0.2) is 24.3 Å². The van der Waals surface area contributed by atoms with Crippen molar-refractivity contribution in [3.63, 3.8) is 0 Å². The van der Waals surface area contributed by atoms with Crippen LogP contribution >= 0.6 is 11.6 Å². The van der Waals surface area contributed by atoms with Gasteiger partial charge in [0, 0.05) is 10.9 Å². The first-order valence-electron chi connectivity index (χ1n) is 7.96. The van der Waals surface area contributed by atoms with E-state index in [2.05, 4.69) is 10.6 Å². The number of hydrogen-bond acceptors (Lipinski definition) is 3. The van der Waals surface area contributed by atoms with Crippen LogP contribution in [0, 0.1) is 5.92 Å². The fraction of sp³-hybridized carbons (Fsp3) is 0.529. The van der Waals surface area contributed by atoms with E-state index in [9.17, 15) is 9.59 Å². The van der Waals surface area contributed by atoms with Gasteiger partial charge in [-0.15, -0.1) is 0 Å². The Kier molecular flexibility index (Phi) is 6.28. The average molecular weight is 339 g/mol. The molecule has 2 atom stereocenters. The van der Waals surface area contributed by atoms with E-state index < -0.39 is 6.04 Å². The second-order valence-electron chi connectivity index (χ2n) is 5.99. The van der Waals surface area contributed by atoms with E-state index in [4.69, 9.17) is 16.3 Å². The molecule has 23 heavy (non-hydrogen) atoms. The molecule has 2 rings (SSSR count). The van der Waals surface area contributed by atoms with Crippen molar-refractivity contribution in [1.29, 1.82) is 0 Å². The minimum atomic E-state index is -0.536. The van der Waals surface area contributed by atoms with E-state index in [1.165, 1.54) is 0 Å². The standard InChI is InChI=1S/C17H23ClN2O3/c1-11(23-15-8-6-14(18)7-9-15)10-19-16(21)12(2)20-17(22)13-4-3-5-13/h6-9,11-13H,3-5,10H2,1-2H3,(H,19,21)(H,20,22). The molecule has 0 saturated heterocycles. The van der Waals surface area contributed by atoms with Crippen molar-refractivity contribution in [2.45, 2.75) is 45.3 Å². The lowest BCUT2D eigenvalue weighted by atomic mass is 9.84. The fourth-order valence-corrected chi connectivity index (χ4v) is 2.38. The van der Waals surface area contributed by atoms with Gasteiger partial charge in [-0.05, 0) is 51.0 Å². The summed E-state index contributed by atoms with van der Waals surface area (Å²) >= 11 is 5.82. The van der Waals surface area contributed by atoms with Gasteiger partial charge in [-0.25, -0.2) is 0 Å². The topological polar surface area (TPSA) is 67.4 Å². The molecule has 0 bridgehead atoms. The molecule has 2 unspecified atom stereocenters. The van der Waals surface area contributed by atoms with E-state index in [0.29, 0.717) is 17.3 Å². The zero-order valence-electron chi connectivity index (χ0n) is 13.5. The zero-order valence-corrected chi connectivity index (χ0v) is 14.2. The normalized spacial score (nSPS) is 16.8. The number of hydrogen-bond donors (Lipinski definition) is 2. The quantitative estimate of drug-likeness (QED) is 0.802. The molecular weight excluding hydrogens is 316 g/mol. The SMILES string of the molecule is CC(CNC(=O)C(C)NC(=O)C1CCC1)Oc1ccc(Cl)cc1. The Morgan fingerprint density at radius 2 is 1.91 bits per heavy atom. The van der Waals surface area contributed by atoms with Crippen molar-refractivity contribution in [2.24, 2.45) is 5.92 Å². The molecule has 1 aliphatic carbocycles. The highest BCUT2D eigenvalue weighted by Crippen LogP contribution is 2.26. The number of carbonyl (C=O) groups excluding carboxylic acids is 2. The predicted octanol–water partition coefficient (Wildman–Crippen LogP) is 2.53. The van der Waals surface area contributed by atoms with Crippen molar-refractivity contribution >= 4 is 23.4 Å². The highest BCUT2D eigenvalue weighted by Gasteiger charge is 2.27. The first-order chi connectivity index (χ1) is 11.0. The van der Waals surface area contributed by atoms with Crippen molar-refractivity contribution in [1.82, 2.24) is 10.6 Å². The van der Waals surface area contributed by atoms with Crippen LogP contribution in [-0.4, -0.2) is 30.5 Å². The molecule has 1 saturated carbocycles. The van der Waals surface area contributed by atoms with E-state index in [1.807, 2.05) is 6.92 Å². The lowest BCUT2D eigenvalue weighted by molar-refractivity contribution is -0.132. The maximum atomic E-state index is 12.0. The van der Waals surface area contributed by atoms with Gasteiger partial charge in [0.2, 0.25) is 11.8 Å². The maximum Gasteiger partial charge on any atom is 0.242 e. The number of halogens is 1. The largest absolute Gasteiger partial charge is 0.489 e. The first-order valence-corrected chi connectivity index (χ1v) is 8.34. The van der Waals surface area contributed by atoms with Gasteiger partial charge in [0.15, 0.2) is 0 Å². The molecule has 2 N–H and O–H groups in total. The van der Waals surface area contributed by atoms with Gasteiger partial charge in [-0.3, -0.25) is 9.59 Å². The molecule has 1 aromatic rings. The van der Waals surface area contributed by atoms with Gasteiger partial charge < -0.3 is 15.4 Å². The Morgan fingerprint density at radius 3 is 2.48 bits per heavy atom. The van der Waals surface area contributed by atoms with E-state index in [1.54, 1.807) is 31.2 Å². The number of ether oxygens (including phenoxy) is 1. The predicted molar refractivity (Wildman–Crippen MR) is 89.5 cm³/mol. The zero-order chi connectivity index (χ0) is 16.8. The minimum Gasteiger partial charge on any atom is -0.489 e. The number of nitrogens with one attached hydrogen (secondary N) is 2. The lowest BCUT2D eigenvalue weighted by Gasteiger charge is -2.26. The third-order valence-corrected chi connectivity index (χ3v) is 4.19. The van der Waals surface area contributed by atoms with Gasteiger partial charge >= 0.3 is 0 Å². The highest BCUT2D eigenvalue weighted by atomic mass is 35.5. The van der Waals surface area contributed by atoms with E-state index in [0.717, 1.165) is 19.3 Å². The van der Waals surface area contributed by atoms with Crippen LogP contribution in [0.1, 0.15) is 33.1 Å². The van der Waals surface area contributed by atoms with Crippen LogP contribution in [0.4, 0.5) is 0 Å². The Balaban J connectivity index is 1.69. The third kappa shape index (κ3) is 5.43. The number of amides is 2. The Morgan fingerprint density at radius 1 is 1.26 bits per heavy atom. The van der Waals surface area contributed by atoms with Crippen molar-refractivity contribution in [3.8, 4) is 5.75 Å². The molecule has 1 aliphatic rings. The van der Waals surface area contributed by atoms with E-state index >= 15 is 0 Å². The molecule has 0 aromatic heterocycles. The molecule has 1 aromatic carbocycles. The summed E-state index contributed by atoms with van der Waals surface area (Å²) in [6.45, 7) is 3.92. The Bertz CT molecular complexity index is 543. The van der Waals surface area contributed by atoms with Gasteiger partial charge in [0.1, 0.15) is 17.9 Å². The summed E-state index contributed by atoms with van der Waals surface area (Å²) in [7, 11) is 0. The lowest BCUT2D eigenvalue weighted by Crippen LogP contribution is -2.49. The summed E-state index contributed by atoms with van der Waals surface area (Å²) in [6.07, 6.45) is 2.76. The van der Waals surface area contributed by atoms with Gasteiger partial charge in [0.05, 0.1) is 6.54 Å². The monoisotopic (exact) mass is 338 g/mol. The highest BCUT2D eigenvalue weighted by molar-refractivity contribution is 6.30. The average Bonchev–Trinajstić information content (AvgIpc) is 2.45. The molecule has 0 heterocycles. The summed E-state index contributed by atoms with van der Waals surface area (Å²) in [6, 6.07) is 6.52. The van der Waals surface area contributed by atoms with Crippen LogP contribution in [-0.2, 0) is 9.59 Å². The third-order valence-electron chi connectivity index (χ3n) is 3.94. The molecular formula is C17H23ClN2O3. The van der Waals surface area contributed by atoms with Crippen molar-refractivity contribution < 1.29 is 14.3 Å². The van der Waals surface area contributed by atoms with Gasteiger partial charge in [0.25, 0.3) is 0 Å². The molecule has 5 nitrogen and oxygen atoms in total. The number of carbonyl (C=O) groups is 2. The van der Waals surface area contributed by atoms with Crippen LogP contribution in [0.5, 0.6) is 5.75 Å². The molecule has 1 fully saturated rings. The van der Waals surface area contributed by atoms with Crippen LogP contribution < -0.4 is 15.4 Å². The summed E-state index contributed by atoms with van der Waals surface area (Å²) in [5.74, 6) is 0.550. The van der Waals surface area contributed by atoms with E-state index in [-0.39, 0.29) is 23.8 Å². The number of benzene rings is 1. The second-order valence-corrected chi connectivity index (χ2v) is 6.42. The molecule has 2 amide bonds. The smallest absolute Gasteiger partial charge is 0.242 e. The van der Waals surface area contributed by atoms with Crippen LogP contribution in [0.2, 0.25) is 5.02 Å². The first kappa shape index (κ1) is 17.6. The van der Waals surface area contributed by atoms with Crippen molar-refractivity contribution in [3.05, 3.63) is 29.3 Å². The molecule has 6 heteroatoms. The van der Waals surface area contributed by atoms with Crippen molar-refractivity contribution in [2.75, 3.05) is 6.54 Å².